The molecule has 0 aliphatic heterocycles. The van der Waals surface area contributed by atoms with Gasteiger partial charge in [0.15, 0.2) is 0 Å². The largest absolute Gasteiger partial charge is 0.481 e. The predicted molar refractivity (Wildman–Crippen MR) is 91.8 cm³/mol. The monoisotopic (exact) mass is 356 g/mol. The van der Waals surface area contributed by atoms with E-state index in [9.17, 15) is 9.59 Å². The van der Waals surface area contributed by atoms with Crippen LogP contribution in [0.25, 0.3) is 0 Å². The quantitative estimate of drug-likeness (QED) is 0.403. The molecular formula is C14H28O6S2. The Morgan fingerprint density at radius 3 is 1.14 bits per heavy atom. The molecular weight excluding hydrogens is 328 g/mol. The molecule has 0 bridgehead atoms. The van der Waals surface area contributed by atoms with Gasteiger partial charge in [0.05, 0.1) is 12.8 Å². The van der Waals surface area contributed by atoms with Crippen LogP contribution in [0.1, 0.15) is 38.5 Å². The summed E-state index contributed by atoms with van der Waals surface area (Å²) < 4.78 is 0. The third kappa shape index (κ3) is 17.6. The van der Waals surface area contributed by atoms with Crippen molar-refractivity contribution >= 4 is 37.2 Å². The minimum atomic E-state index is -0.787. The number of aliphatic hydroxyl groups is 2. The summed E-state index contributed by atoms with van der Waals surface area (Å²) in [4.78, 5) is 19.1. The van der Waals surface area contributed by atoms with Crippen LogP contribution in [0.3, 0.4) is 0 Å². The highest BCUT2D eigenvalue weighted by Gasteiger charge is 2.19. The number of hydrogen-bond donors (Lipinski definition) is 6. The van der Waals surface area contributed by atoms with Crippen LogP contribution in [-0.2, 0) is 9.59 Å². The molecule has 0 aromatic carbocycles. The molecule has 4 N–H and O–H groups in total. The summed E-state index contributed by atoms with van der Waals surface area (Å²) in [6.45, 7) is 0.663. The maximum Gasteiger partial charge on any atom is 0.304 e. The molecule has 0 aromatic heterocycles. The summed E-state index contributed by atoms with van der Waals surface area (Å²) >= 11 is 7.36. The topological polar surface area (TPSA) is 115 Å². The highest BCUT2D eigenvalue weighted by Crippen LogP contribution is 2.27. The summed E-state index contributed by atoms with van der Waals surface area (Å²) in [6, 6.07) is 0. The molecule has 8 heteroatoms. The van der Waals surface area contributed by atoms with Gasteiger partial charge in [-0.2, -0.15) is 25.3 Å². The Morgan fingerprint density at radius 2 is 1.05 bits per heavy atom. The van der Waals surface area contributed by atoms with Crippen LogP contribution in [0.15, 0.2) is 0 Å². The molecule has 1 aliphatic rings. The maximum absolute atomic E-state index is 9.55. The molecule has 0 heterocycles. The van der Waals surface area contributed by atoms with E-state index < -0.39 is 11.9 Å². The van der Waals surface area contributed by atoms with Crippen LogP contribution >= 0.6 is 25.3 Å². The SMILES string of the molecule is O=C(O)CCS.O=C(O)CCS.OCC1CCC(CO)CC1. The summed E-state index contributed by atoms with van der Waals surface area (Å²) in [6.07, 6.45) is 4.71. The van der Waals surface area contributed by atoms with Gasteiger partial charge in [0.25, 0.3) is 0 Å². The van der Waals surface area contributed by atoms with Crippen LogP contribution in [0, 0.1) is 11.8 Å². The van der Waals surface area contributed by atoms with E-state index in [4.69, 9.17) is 20.4 Å². The second kappa shape index (κ2) is 16.9. The van der Waals surface area contributed by atoms with Gasteiger partial charge in [-0.1, -0.05) is 0 Å². The zero-order valence-corrected chi connectivity index (χ0v) is 14.5. The first-order chi connectivity index (χ1) is 10.4. The summed E-state index contributed by atoms with van der Waals surface area (Å²) in [5, 5.41) is 33.3. The van der Waals surface area contributed by atoms with E-state index in [1.54, 1.807) is 0 Å². The molecule has 1 aliphatic carbocycles. The normalized spacial score (nSPS) is 20.0. The number of thiol groups is 2. The lowest BCUT2D eigenvalue weighted by Crippen LogP contribution is -2.19. The summed E-state index contributed by atoms with van der Waals surface area (Å²) in [5.41, 5.74) is 0. The zero-order chi connectivity index (χ0) is 17.4. The number of carbonyl (C=O) groups is 2. The van der Waals surface area contributed by atoms with Gasteiger partial charge in [0.1, 0.15) is 0 Å². The molecule has 0 radical (unpaired) electrons. The number of hydrogen-bond acceptors (Lipinski definition) is 6. The summed E-state index contributed by atoms with van der Waals surface area (Å²) in [5.74, 6) is 0.311. The van der Waals surface area contributed by atoms with Gasteiger partial charge < -0.3 is 20.4 Å². The van der Waals surface area contributed by atoms with Gasteiger partial charge >= 0.3 is 11.9 Å². The Kier molecular flexibility index (Phi) is 18.3. The van der Waals surface area contributed by atoms with Crippen LogP contribution in [0.4, 0.5) is 0 Å². The Labute approximate surface area is 142 Å². The van der Waals surface area contributed by atoms with Crippen LogP contribution in [-0.4, -0.2) is 57.1 Å². The highest BCUT2D eigenvalue weighted by molar-refractivity contribution is 7.80. The average molecular weight is 357 g/mol. The van der Waals surface area contributed by atoms with Crippen LogP contribution in [0.2, 0.25) is 0 Å². The molecule has 0 saturated heterocycles. The number of aliphatic hydroxyl groups excluding tert-OH is 2. The fourth-order valence-electron chi connectivity index (χ4n) is 1.79. The van der Waals surface area contributed by atoms with Crippen molar-refractivity contribution in [1.82, 2.24) is 0 Å². The Morgan fingerprint density at radius 1 is 0.773 bits per heavy atom. The lowest BCUT2D eigenvalue weighted by atomic mass is 9.83. The highest BCUT2D eigenvalue weighted by atomic mass is 32.1. The molecule has 1 fully saturated rings. The molecule has 0 amide bonds. The Bertz CT molecular complexity index is 253. The van der Waals surface area contributed by atoms with Gasteiger partial charge in [0, 0.05) is 24.7 Å². The Hall–Kier alpha value is -0.440. The van der Waals surface area contributed by atoms with E-state index in [2.05, 4.69) is 25.3 Å². The molecule has 6 nitrogen and oxygen atoms in total. The van der Waals surface area contributed by atoms with Crippen molar-refractivity contribution in [2.24, 2.45) is 11.8 Å². The number of aliphatic carboxylic acids is 2. The molecule has 1 rings (SSSR count). The van der Waals surface area contributed by atoms with E-state index >= 15 is 0 Å². The van der Waals surface area contributed by atoms with Crippen LogP contribution < -0.4 is 0 Å². The smallest absolute Gasteiger partial charge is 0.304 e. The van der Waals surface area contributed by atoms with Gasteiger partial charge in [-0.25, -0.2) is 0 Å². The standard InChI is InChI=1S/C8H16O2.2C3H6O2S/c9-5-7-1-2-8(6-10)4-3-7;2*4-3(5)1-2-6/h7-10H,1-6H2;2*6H,1-2H2,(H,4,5). The first kappa shape index (κ1) is 23.8. The van der Waals surface area contributed by atoms with Crippen molar-refractivity contribution in [3.63, 3.8) is 0 Å². The Balaban J connectivity index is 0. The van der Waals surface area contributed by atoms with Crippen LogP contribution in [0.5, 0.6) is 0 Å². The summed E-state index contributed by atoms with van der Waals surface area (Å²) in [7, 11) is 0. The number of carboxylic acids is 2. The van der Waals surface area contributed by atoms with E-state index in [0.29, 0.717) is 36.6 Å². The average Bonchev–Trinajstić information content (AvgIpc) is 2.48. The van der Waals surface area contributed by atoms with E-state index in [1.165, 1.54) is 0 Å². The van der Waals surface area contributed by atoms with Crippen molar-refractivity contribution in [2.75, 3.05) is 24.7 Å². The number of rotatable bonds is 6. The molecule has 0 unspecified atom stereocenters. The third-order valence-electron chi connectivity index (χ3n) is 3.13. The van der Waals surface area contributed by atoms with E-state index in [-0.39, 0.29) is 12.8 Å². The molecule has 1 saturated carbocycles. The lowest BCUT2D eigenvalue weighted by Gasteiger charge is -2.25. The minimum absolute atomic E-state index is 0.156. The second-order valence-corrected chi connectivity index (χ2v) is 5.88. The van der Waals surface area contributed by atoms with Crippen molar-refractivity contribution in [3.8, 4) is 0 Å². The van der Waals surface area contributed by atoms with Crippen molar-refractivity contribution < 1.29 is 30.0 Å². The fraction of sp³-hybridized carbons (Fsp3) is 0.857. The van der Waals surface area contributed by atoms with Gasteiger partial charge in [0.2, 0.25) is 0 Å². The van der Waals surface area contributed by atoms with Crippen molar-refractivity contribution in [3.05, 3.63) is 0 Å². The minimum Gasteiger partial charge on any atom is -0.481 e. The van der Waals surface area contributed by atoms with Gasteiger partial charge in [-0.05, 0) is 37.5 Å². The molecule has 0 aromatic rings. The maximum atomic E-state index is 9.55. The van der Waals surface area contributed by atoms with E-state index in [0.717, 1.165) is 25.7 Å². The molecule has 0 spiro atoms. The second-order valence-electron chi connectivity index (χ2n) is 4.99. The van der Waals surface area contributed by atoms with Gasteiger partial charge in [-0.15, -0.1) is 0 Å². The zero-order valence-electron chi connectivity index (χ0n) is 12.7. The number of carboxylic acid groups (broad SMARTS) is 2. The first-order valence-corrected chi connectivity index (χ1v) is 8.54. The fourth-order valence-corrected chi connectivity index (χ4v) is 2.17. The molecule has 132 valence electrons. The van der Waals surface area contributed by atoms with Gasteiger partial charge in [-0.3, -0.25) is 9.59 Å². The molecule has 22 heavy (non-hydrogen) atoms. The van der Waals surface area contributed by atoms with Crippen molar-refractivity contribution in [2.45, 2.75) is 38.5 Å². The predicted octanol–water partition coefficient (Wildman–Crippen LogP) is 1.56. The molecule has 0 atom stereocenters. The van der Waals surface area contributed by atoms with Crippen molar-refractivity contribution in [1.29, 1.82) is 0 Å². The first-order valence-electron chi connectivity index (χ1n) is 7.28. The lowest BCUT2D eigenvalue weighted by molar-refractivity contribution is -0.137. The van der Waals surface area contributed by atoms with E-state index in [1.807, 2.05) is 0 Å². The third-order valence-corrected chi connectivity index (χ3v) is 3.58.